The number of allylic oxidation sites excluding steroid dienone is 2. The van der Waals surface area contributed by atoms with Crippen molar-refractivity contribution in [1.29, 1.82) is 0 Å². The first-order valence-electron chi connectivity index (χ1n) is 8.47. The quantitative estimate of drug-likeness (QED) is 0.454. The highest BCUT2D eigenvalue weighted by Gasteiger charge is 2.13. The second kappa shape index (κ2) is 12.8. The van der Waals surface area contributed by atoms with Crippen molar-refractivity contribution in [2.75, 3.05) is 13.2 Å². The Morgan fingerprint density at radius 1 is 0.731 bits per heavy atom. The lowest BCUT2D eigenvalue weighted by Crippen LogP contribution is -3.00. The molecule has 0 radical (unpaired) electrons. The van der Waals surface area contributed by atoms with Crippen molar-refractivity contribution in [3.8, 4) is 22.6 Å². The van der Waals surface area contributed by atoms with Crippen LogP contribution in [0.25, 0.3) is 11.1 Å². The second-order valence-corrected chi connectivity index (χ2v) is 5.51. The first kappa shape index (κ1) is 24.5. The van der Waals surface area contributed by atoms with Gasteiger partial charge in [0.05, 0.1) is 13.2 Å². The fourth-order valence-corrected chi connectivity index (χ4v) is 2.73. The molecule has 142 valence electrons. The van der Waals surface area contributed by atoms with Gasteiger partial charge in [0.1, 0.15) is 11.5 Å². The molecule has 2 nitrogen and oxygen atoms in total. The fraction of sp³-hybridized carbons (Fsp3) is 0.273. The maximum absolute atomic E-state index is 5.86. The number of hydrogen-bond acceptors (Lipinski definition) is 2. The van der Waals surface area contributed by atoms with E-state index in [0.717, 1.165) is 35.5 Å². The molecule has 0 aliphatic carbocycles. The molecule has 2 aromatic rings. The molecule has 0 bridgehead atoms. The Bertz CT molecular complexity index is 650. The Hall–Kier alpha value is -1.52. The molecule has 0 heterocycles. The third-order valence-corrected chi connectivity index (χ3v) is 3.74. The highest BCUT2D eigenvalue weighted by molar-refractivity contribution is 5.77. The van der Waals surface area contributed by atoms with Gasteiger partial charge in [-0.15, -0.1) is 13.2 Å². The fourth-order valence-electron chi connectivity index (χ4n) is 2.73. The molecule has 0 aliphatic rings. The van der Waals surface area contributed by atoms with Crippen LogP contribution >= 0.6 is 0 Å². The van der Waals surface area contributed by atoms with E-state index in [2.05, 4.69) is 37.4 Å². The average Bonchev–Trinajstić information content (AvgIpc) is 2.58. The maximum atomic E-state index is 5.86. The van der Waals surface area contributed by atoms with Gasteiger partial charge in [0.2, 0.25) is 0 Å². The van der Waals surface area contributed by atoms with Gasteiger partial charge in [-0.2, -0.15) is 0 Å². The van der Waals surface area contributed by atoms with Crippen LogP contribution in [0.1, 0.15) is 25.0 Å². The van der Waals surface area contributed by atoms with Crippen molar-refractivity contribution in [2.24, 2.45) is 0 Å². The molecule has 0 saturated heterocycles. The summed E-state index contributed by atoms with van der Waals surface area (Å²) in [6.45, 7) is 12.9. The number of ether oxygens (including phenoxy) is 2. The lowest BCUT2D eigenvalue weighted by atomic mass is 9.97. The molecule has 0 spiro atoms. The van der Waals surface area contributed by atoms with Crippen molar-refractivity contribution in [1.82, 2.24) is 0 Å². The largest absolute Gasteiger partial charge is 1.00 e. The van der Waals surface area contributed by atoms with E-state index < -0.39 is 0 Å². The normalized spacial score (nSPS) is 9.46. The number of benzene rings is 2. The molecule has 2 rings (SSSR count). The lowest BCUT2D eigenvalue weighted by molar-refractivity contribution is -0.00100. The highest BCUT2D eigenvalue weighted by atomic mass is 79.9. The second-order valence-electron chi connectivity index (χ2n) is 5.51. The molecule has 0 N–H and O–H groups in total. The van der Waals surface area contributed by atoms with E-state index in [1.807, 2.05) is 38.1 Å². The Morgan fingerprint density at radius 2 is 1.12 bits per heavy atom. The summed E-state index contributed by atoms with van der Waals surface area (Å²) in [4.78, 5) is 0. The Balaban J connectivity index is 0.00000312. The summed E-state index contributed by atoms with van der Waals surface area (Å²) in [5.74, 6) is 1.75. The highest BCUT2D eigenvalue weighted by Crippen LogP contribution is 2.38. The van der Waals surface area contributed by atoms with Crippen molar-refractivity contribution < 1.29 is 43.4 Å². The van der Waals surface area contributed by atoms with Crippen LogP contribution in [0, 0.1) is 0 Å². The first-order valence-corrected chi connectivity index (χ1v) is 8.47. The zero-order valence-electron chi connectivity index (χ0n) is 15.4. The maximum Gasteiger partial charge on any atom is 0.127 e. The van der Waals surface area contributed by atoms with E-state index in [-0.39, 0.29) is 34.0 Å². The molecule has 0 amide bonds. The van der Waals surface area contributed by atoms with E-state index in [9.17, 15) is 0 Å². The van der Waals surface area contributed by atoms with Crippen LogP contribution in [0.3, 0.4) is 0 Å². The molecule has 26 heavy (non-hydrogen) atoms. The van der Waals surface area contributed by atoms with Crippen LogP contribution in [0.15, 0.2) is 61.7 Å². The molecule has 0 atom stereocenters. The van der Waals surface area contributed by atoms with Crippen LogP contribution in [0.4, 0.5) is 0 Å². The van der Waals surface area contributed by atoms with E-state index in [1.54, 1.807) is 0 Å². The van der Waals surface area contributed by atoms with Crippen LogP contribution in [-0.2, 0) is 12.8 Å². The Kier molecular flexibility index (Phi) is 12.0. The topological polar surface area (TPSA) is 18.5 Å². The van der Waals surface area contributed by atoms with Gasteiger partial charge >= 0.3 is 0 Å². The van der Waals surface area contributed by atoms with Crippen molar-refractivity contribution in [3.05, 3.63) is 72.8 Å². The van der Waals surface area contributed by atoms with Gasteiger partial charge < -0.3 is 43.4 Å². The molecule has 0 aliphatic heterocycles. The van der Waals surface area contributed by atoms with Crippen LogP contribution in [0.5, 0.6) is 11.5 Å². The molecule has 2 aromatic carbocycles. The van der Waals surface area contributed by atoms with Gasteiger partial charge in [-0.3, -0.25) is 0 Å². The van der Waals surface area contributed by atoms with Gasteiger partial charge in [0.25, 0.3) is 0 Å². The predicted octanol–water partition coefficient (Wildman–Crippen LogP) is -0.384. The first-order chi connectivity index (χ1) is 11.7. The van der Waals surface area contributed by atoms with Crippen LogP contribution in [-0.4, -0.2) is 13.2 Å². The summed E-state index contributed by atoms with van der Waals surface area (Å²) < 4.78 is 11.7. The van der Waals surface area contributed by atoms with Gasteiger partial charge in [0, 0.05) is 11.1 Å². The lowest BCUT2D eigenvalue weighted by Gasteiger charge is -2.16. The van der Waals surface area contributed by atoms with Gasteiger partial charge in [-0.1, -0.05) is 24.3 Å². The predicted molar refractivity (Wildman–Crippen MR) is 102 cm³/mol. The zero-order chi connectivity index (χ0) is 17.4. The van der Waals surface area contributed by atoms with E-state index in [1.165, 1.54) is 11.1 Å². The summed E-state index contributed by atoms with van der Waals surface area (Å²) in [6, 6.07) is 12.6. The van der Waals surface area contributed by atoms with Gasteiger partial charge in [-0.25, -0.2) is 0 Å². The minimum atomic E-state index is 0. The number of hydrogen-bond donors (Lipinski definition) is 0. The number of halogens is 2. The summed E-state index contributed by atoms with van der Waals surface area (Å²) in [7, 11) is 0. The molecular weight excluding hydrogens is 456 g/mol. The third-order valence-electron chi connectivity index (χ3n) is 3.74. The molecule has 0 aromatic heterocycles. The zero-order valence-corrected chi connectivity index (χ0v) is 18.6. The SMILES string of the molecule is C=CCc1ccc(OCC)c(-c2cc(CC=C)ccc2OCC)c1.[Br-].[Br-]. The van der Waals surface area contributed by atoms with Crippen molar-refractivity contribution in [3.63, 3.8) is 0 Å². The van der Waals surface area contributed by atoms with E-state index >= 15 is 0 Å². The third kappa shape index (κ3) is 6.33. The van der Waals surface area contributed by atoms with Gasteiger partial charge in [-0.05, 0) is 62.1 Å². The van der Waals surface area contributed by atoms with E-state index in [0.29, 0.717) is 13.2 Å². The minimum Gasteiger partial charge on any atom is -1.00 e. The molecular formula is C22H26Br2O2-2. The standard InChI is InChI=1S/C22H26O2.2BrH/c1-5-9-17-11-13-21(23-7-3)19(15-17)20-16-18(10-6-2)12-14-22(20)24-8-4;;/h5-6,11-16H,1-2,7-10H2,3-4H3;2*1H/p-2. The van der Waals surface area contributed by atoms with Crippen molar-refractivity contribution in [2.45, 2.75) is 26.7 Å². The Morgan fingerprint density at radius 3 is 1.42 bits per heavy atom. The minimum absolute atomic E-state index is 0. The smallest absolute Gasteiger partial charge is 0.127 e. The molecule has 0 fully saturated rings. The summed E-state index contributed by atoms with van der Waals surface area (Å²) >= 11 is 0. The Labute approximate surface area is 178 Å². The average molecular weight is 482 g/mol. The summed E-state index contributed by atoms with van der Waals surface area (Å²) in [5, 5.41) is 0. The summed E-state index contributed by atoms with van der Waals surface area (Å²) in [6.07, 6.45) is 5.49. The molecule has 4 heteroatoms. The molecule has 0 unspecified atom stereocenters. The van der Waals surface area contributed by atoms with Crippen LogP contribution in [0.2, 0.25) is 0 Å². The molecule has 0 saturated carbocycles. The van der Waals surface area contributed by atoms with E-state index in [4.69, 9.17) is 9.47 Å². The van der Waals surface area contributed by atoms with Crippen molar-refractivity contribution >= 4 is 0 Å². The summed E-state index contributed by atoms with van der Waals surface area (Å²) in [5.41, 5.74) is 4.54. The van der Waals surface area contributed by atoms with Gasteiger partial charge in [0.15, 0.2) is 0 Å². The number of rotatable bonds is 9. The monoisotopic (exact) mass is 480 g/mol. The van der Waals surface area contributed by atoms with Crippen LogP contribution < -0.4 is 43.4 Å².